The third-order valence-corrected chi connectivity index (χ3v) is 0.631. The van der Waals surface area contributed by atoms with Crippen molar-refractivity contribution in [3.8, 4) is 5.75 Å². The Morgan fingerprint density at radius 3 is 1.90 bits per heavy atom. The SMILES string of the molecule is Oc1[c-]cc[c-]c1.[Y].[Y].[Y]. The molecule has 3 radical (unpaired) electrons. The van der Waals surface area contributed by atoms with Gasteiger partial charge in [-0.1, -0.05) is 0 Å². The maximum absolute atomic E-state index is 8.55. The Balaban J connectivity index is -0.000000163. The average molecular weight is 359 g/mol. The summed E-state index contributed by atoms with van der Waals surface area (Å²) in [5, 5.41) is 8.55. The number of hydrogen-bond acceptors (Lipinski definition) is 1. The van der Waals surface area contributed by atoms with E-state index in [9.17, 15) is 0 Å². The predicted molar refractivity (Wildman–Crippen MR) is 25.8 cm³/mol. The molecule has 4 heteroatoms. The molecule has 0 aliphatic rings. The molecular weight excluding hydrogens is 355 g/mol. The van der Waals surface area contributed by atoms with E-state index in [0.29, 0.717) is 0 Å². The zero-order valence-corrected chi connectivity index (χ0v) is 13.9. The quantitative estimate of drug-likeness (QED) is 0.686. The van der Waals surface area contributed by atoms with Crippen LogP contribution in [0.25, 0.3) is 0 Å². The van der Waals surface area contributed by atoms with Crippen LogP contribution in [0.3, 0.4) is 0 Å². The van der Waals surface area contributed by atoms with E-state index in [4.69, 9.17) is 5.11 Å². The molecule has 0 aromatic heterocycles. The first-order valence-corrected chi connectivity index (χ1v) is 1.96. The molecular formula is C6H4OY3-2. The van der Waals surface area contributed by atoms with Crippen LogP contribution in [0, 0.1) is 12.1 Å². The van der Waals surface area contributed by atoms with Crippen LogP contribution in [0.1, 0.15) is 0 Å². The largest absolute Gasteiger partial charge is 0.591 e. The van der Waals surface area contributed by atoms with Crippen molar-refractivity contribution in [3.63, 3.8) is 0 Å². The van der Waals surface area contributed by atoms with Gasteiger partial charge in [-0.25, -0.2) is 6.07 Å². The van der Waals surface area contributed by atoms with Gasteiger partial charge in [0.05, 0.1) is 0 Å². The number of phenols is 1. The molecule has 1 N–H and O–H groups in total. The Bertz CT molecular complexity index is 143. The van der Waals surface area contributed by atoms with E-state index in [0.717, 1.165) is 0 Å². The van der Waals surface area contributed by atoms with Crippen molar-refractivity contribution >= 4 is 0 Å². The third kappa shape index (κ3) is 8.43. The van der Waals surface area contributed by atoms with Gasteiger partial charge >= 0.3 is 0 Å². The zero-order valence-electron chi connectivity index (χ0n) is 5.41. The number of phenolic OH excluding ortho intramolecular Hbond substituents is 1. The second kappa shape index (κ2) is 11.3. The number of benzene rings is 1. The maximum Gasteiger partial charge on any atom is 0 e. The molecule has 0 atom stereocenters. The van der Waals surface area contributed by atoms with Crippen LogP contribution in [0.5, 0.6) is 5.75 Å². The fraction of sp³-hybridized carbons (Fsp3) is 0. The molecule has 0 fully saturated rings. The summed E-state index contributed by atoms with van der Waals surface area (Å²) >= 11 is 0. The van der Waals surface area contributed by atoms with Gasteiger partial charge in [0.1, 0.15) is 0 Å². The minimum atomic E-state index is 0. The molecule has 0 aliphatic heterocycles. The number of aromatic hydroxyl groups is 1. The van der Waals surface area contributed by atoms with Gasteiger partial charge in [-0.3, -0.25) is 18.2 Å². The molecule has 1 nitrogen and oxygen atoms in total. The Morgan fingerprint density at radius 2 is 1.70 bits per heavy atom. The first-order valence-electron chi connectivity index (χ1n) is 1.96. The first-order chi connectivity index (χ1) is 3.39. The summed E-state index contributed by atoms with van der Waals surface area (Å²) in [5.74, 6) is 0.141. The van der Waals surface area contributed by atoms with Crippen LogP contribution in [0.2, 0.25) is 0 Å². The molecule has 1 aromatic carbocycles. The van der Waals surface area contributed by atoms with Crippen molar-refractivity contribution < 1.29 is 103 Å². The molecule has 0 spiro atoms. The summed E-state index contributed by atoms with van der Waals surface area (Å²) in [6.07, 6.45) is 0. The molecule has 1 rings (SSSR count). The van der Waals surface area contributed by atoms with Crippen LogP contribution < -0.4 is 0 Å². The number of hydrogen-bond donors (Lipinski definition) is 1. The normalized spacial score (nSPS) is 6.00. The van der Waals surface area contributed by atoms with Crippen LogP contribution in [0.4, 0.5) is 0 Å². The van der Waals surface area contributed by atoms with Crippen molar-refractivity contribution in [1.29, 1.82) is 0 Å². The first kappa shape index (κ1) is 18.2. The van der Waals surface area contributed by atoms with Crippen molar-refractivity contribution in [3.05, 3.63) is 30.3 Å². The summed E-state index contributed by atoms with van der Waals surface area (Å²) in [6, 6.07) is 9.98. The van der Waals surface area contributed by atoms with Gasteiger partial charge in [0.25, 0.3) is 0 Å². The second-order valence-electron chi connectivity index (χ2n) is 1.17. The van der Waals surface area contributed by atoms with Crippen LogP contribution in [0.15, 0.2) is 18.2 Å². The third-order valence-electron chi connectivity index (χ3n) is 0.631. The van der Waals surface area contributed by atoms with Crippen LogP contribution >= 0.6 is 0 Å². The molecule has 0 aliphatic carbocycles. The molecule has 45 valence electrons. The molecule has 0 saturated heterocycles. The van der Waals surface area contributed by atoms with Gasteiger partial charge in [-0.15, -0.1) is 5.75 Å². The molecule has 0 heterocycles. The summed E-state index contributed by atoms with van der Waals surface area (Å²) in [4.78, 5) is 0. The van der Waals surface area contributed by atoms with Gasteiger partial charge in [0, 0.05) is 98.1 Å². The zero-order chi connectivity index (χ0) is 5.11. The predicted octanol–water partition coefficient (Wildman–Crippen LogP) is 0.985. The average Bonchev–Trinajstić information content (AvgIpc) is 1.69. The maximum atomic E-state index is 8.55. The molecule has 10 heavy (non-hydrogen) atoms. The van der Waals surface area contributed by atoms with Crippen molar-refractivity contribution in [2.24, 2.45) is 0 Å². The summed E-state index contributed by atoms with van der Waals surface area (Å²) in [5.41, 5.74) is 0. The van der Waals surface area contributed by atoms with E-state index in [1.165, 1.54) is 6.07 Å². The van der Waals surface area contributed by atoms with Crippen molar-refractivity contribution in [2.75, 3.05) is 0 Å². The Kier molecular flexibility index (Phi) is 20.6. The Morgan fingerprint density at radius 1 is 1.10 bits per heavy atom. The van der Waals surface area contributed by atoms with E-state index in [1.807, 2.05) is 0 Å². The fourth-order valence-corrected chi connectivity index (χ4v) is 0.344. The molecule has 0 bridgehead atoms. The van der Waals surface area contributed by atoms with Gasteiger partial charge in [-0.2, -0.15) is 0 Å². The number of rotatable bonds is 0. The topological polar surface area (TPSA) is 20.2 Å². The molecule has 0 unspecified atom stereocenters. The van der Waals surface area contributed by atoms with E-state index < -0.39 is 0 Å². The van der Waals surface area contributed by atoms with Gasteiger partial charge in [-0.05, 0) is 0 Å². The van der Waals surface area contributed by atoms with Crippen molar-refractivity contribution in [1.82, 2.24) is 0 Å². The minimum Gasteiger partial charge on any atom is -0.591 e. The van der Waals surface area contributed by atoms with E-state index in [-0.39, 0.29) is 104 Å². The van der Waals surface area contributed by atoms with Gasteiger partial charge in [0.2, 0.25) is 0 Å². The van der Waals surface area contributed by atoms with Crippen LogP contribution in [-0.4, -0.2) is 5.11 Å². The minimum absolute atomic E-state index is 0. The van der Waals surface area contributed by atoms with E-state index >= 15 is 0 Å². The van der Waals surface area contributed by atoms with Crippen LogP contribution in [-0.2, 0) is 98.1 Å². The summed E-state index contributed by atoms with van der Waals surface area (Å²) in [7, 11) is 0. The second-order valence-corrected chi connectivity index (χ2v) is 1.17. The smallest absolute Gasteiger partial charge is 0 e. The monoisotopic (exact) mass is 359 g/mol. The fourth-order valence-electron chi connectivity index (χ4n) is 0.344. The Hall–Kier alpha value is 2.33. The molecule has 1 aromatic rings. The van der Waals surface area contributed by atoms with E-state index in [1.54, 1.807) is 12.1 Å². The molecule has 0 saturated carbocycles. The Labute approximate surface area is 136 Å². The summed E-state index contributed by atoms with van der Waals surface area (Å²) < 4.78 is 0. The van der Waals surface area contributed by atoms with Crippen molar-refractivity contribution in [2.45, 2.75) is 0 Å². The van der Waals surface area contributed by atoms with Gasteiger partial charge in [0.15, 0.2) is 0 Å². The summed E-state index contributed by atoms with van der Waals surface area (Å²) in [6.45, 7) is 0. The van der Waals surface area contributed by atoms with Gasteiger partial charge < -0.3 is 11.2 Å². The standard InChI is InChI=1S/C6H4O.3Y/c7-6-4-2-1-3-5-6;;;/h1-2,5,7H;;;/q-2;;;. The molecule has 0 amide bonds. The van der Waals surface area contributed by atoms with E-state index in [2.05, 4.69) is 12.1 Å².